The van der Waals surface area contributed by atoms with E-state index in [4.69, 9.17) is 4.74 Å². The molecule has 0 aromatic carbocycles. The van der Waals surface area contributed by atoms with Crippen molar-refractivity contribution in [2.75, 3.05) is 26.8 Å². The Kier molecular flexibility index (Phi) is 5.02. The number of imidazole rings is 1. The fourth-order valence-electron chi connectivity index (χ4n) is 3.77. The van der Waals surface area contributed by atoms with Gasteiger partial charge in [-0.3, -0.25) is 9.69 Å². The minimum absolute atomic E-state index is 0.614. The molecule has 6 nitrogen and oxygen atoms in total. The average molecular weight is 321 g/mol. The Morgan fingerprint density at radius 1 is 1.52 bits per heavy atom. The van der Waals surface area contributed by atoms with Crippen LogP contribution in [0.2, 0.25) is 0 Å². The van der Waals surface area contributed by atoms with Crippen LogP contribution in [0.4, 0.5) is 0 Å². The van der Waals surface area contributed by atoms with Crippen LogP contribution in [0.25, 0.3) is 0 Å². The minimum atomic E-state index is -0.658. The maximum atomic E-state index is 11.9. The first-order valence-corrected chi connectivity index (χ1v) is 8.60. The highest BCUT2D eigenvalue weighted by atomic mass is 16.5. The summed E-state index contributed by atoms with van der Waals surface area (Å²) in [5, 5.41) is 9.80. The predicted octanol–water partition coefficient (Wildman–Crippen LogP) is 2.31. The zero-order valence-corrected chi connectivity index (χ0v) is 13.9. The zero-order valence-electron chi connectivity index (χ0n) is 13.9. The van der Waals surface area contributed by atoms with Gasteiger partial charge >= 0.3 is 5.97 Å². The van der Waals surface area contributed by atoms with Crippen LogP contribution in [0.3, 0.4) is 0 Å². The normalized spacial score (nSPS) is 25.6. The van der Waals surface area contributed by atoms with Crippen molar-refractivity contribution in [1.82, 2.24) is 14.5 Å². The number of piperidine rings is 1. The van der Waals surface area contributed by atoms with Gasteiger partial charge in [-0.05, 0) is 45.1 Å². The first-order chi connectivity index (χ1) is 11.1. The number of nitrogens with zero attached hydrogens (tertiary/aromatic N) is 3. The number of carboxylic acid groups (broad SMARTS) is 1. The van der Waals surface area contributed by atoms with Crippen LogP contribution in [0.15, 0.2) is 12.5 Å². The van der Waals surface area contributed by atoms with Gasteiger partial charge in [0.05, 0.1) is 17.4 Å². The van der Waals surface area contributed by atoms with Crippen molar-refractivity contribution in [3.8, 4) is 0 Å². The lowest BCUT2D eigenvalue weighted by Gasteiger charge is -2.40. The van der Waals surface area contributed by atoms with Crippen LogP contribution < -0.4 is 0 Å². The van der Waals surface area contributed by atoms with Gasteiger partial charge in [0, 0.05) is 39.0 Å². The van der Waals surface area contributed by atoms with E-state index in [1.165, 1.54) is 18.5 Å². The number of carboxylic acids is 1. The van der Waals surface area contributed by atoms with E-state index < -0.39 is 11.4 Å². The molecule has 2 fully saturated rings. The third-order valence-electron chi connectivity index (χ3n) is 5.19. The second-order valence-electron chi connectivity index (χ2n) is 7.02. The van der Waals surface area contributed by atoms with Crippen LogP contribution in [0.5, 0.6) is 0 Å². The molecule has 0 amide bonds. The quantitative estimate of drug-likeness (QED) is 0.744. The Morgan fingerprint density at radius 3 is 3.04 bits per heavy atom. The van der Waals surface area contributed by atoms with Gasteiger partial charge in [0.15, 0.2) is 0 Å². The number of aliphatic carboxylic acids is 1. The Bertz CT molecular complexity index is 541. The molecule has 6 heteroatoms. The van der Waals surface area contributed by atoms with E-state index in [9.17, 15) is 9.90 Å². The Morgan fingerprint density at radius 2 is 2.35 bits per heavy atom. The molecule has 1 saturated carbocycles. The molecule has 1 aromatic rings. The summed E-state index contributed by atoms with van der Waals surface area (Å²) in [5.41, 5.74) is 0.590. The molecule has 1 atom stereocenters. The highest BCUT2D eigenvalue weighted by Crippen LogP contribution is 2.38. The van der Waals surface area contributed by atoms with Gasteiger partial charge in [0.25, 0.3) is 0 Å². The highest BCUT2D eigenvalue weighted by Gasteiger charge is 2.42. The van der Waals surface area contributed by atoms with E-state index in [0.717, 1.165) is 32.4 Å². The number of methoxy groups -OCH3 is 1. The second-order valence-corrected chi connectivity index (χ2v) is 7.02. The fourth-order valence-corrected chi connectivity index (χ4v) is 3.77. The summed E-state index contributed by atoms with van der Waals surface area (Å²) in [6.45, 7) is 3.02. The average Bonchev–Trinajstić information content (AvgIpc) is 3.28. The smallest absolute Gasteiger partial charge is 0.310 e. The van der Waals surface area contributed by atoms with Crippen molar-refractivity contribution in [1.29, 1.82) is 0 Å². The largest absolute Gasteiger partial charge is 0.481 e. The van der Waals surface area contributed by atoms with Gasteiger partial charge in [0.2, 0.25) is 0 Å². The Balaban J connectivity index is 1.65. The first kappa shape index (κ1) is 16.5. The van der Waals surface area contributed by atoms with Crippen molar-refractivity contribution < 1.29 is 14.6 Å². The molecule has 128 valence electrons. The van der Waals surface area contributed by atoms with E-state index in [0.29, 0.717) is 25.6 Å². The maximum absolute atomic E-state index is 11.9. The number of aromatic nitrogens is 2. The van der Waals surface area contributed by atoms with Crippen molar-refractivity contribution in [2.24, 2.45) is 5.41 Å². The summed E-state index contributed by atoms with van der Waals surface area (Å²) in [6, 6.07) is 0.614. The number of rotatable bonds is 8. The summed E-state index contributed by atoms with van der Waals surface area (Å²) in [6.07, 6.45) is 9.52. The Hall–Kier alpha value is -1.40. The third kappa shape index (κ3) is 3.75. The van der Waals surface area contributed by atoms with E-state index in [-0.39, 0.29) is 0 Å². The molecule has 0 spiro atoms. The van der Waals surface area contributed by atoms with Gasteiger partial charge in [-0.25, -0.2) is 4.98 Å². The van der Waals surface area contributed by atoms with Crippen LogP contribution in [0, 0.1) is 5.41 Å². The number of carbonyl (C=O) groups is 1. The molecule has 23 heavy (non-hydrogen) atoms. The van der Waals surface area contributed by atoms with Gasteiger partial charge in [0.1, 0.15) is 0 Å². The molecular weight excluding hydrogens is 294 g/mol. The summed E-state index contributed by atoms with van der Waals surface area (Å²) >= 11 is 0. The molecule has 2 aliphatic rings. The standard InChI is InChI=1S/C17H27N3O3/c1-23-9-3-7-17(16(21)22)6-2-8-19(12-17)11-15-10-18-13-20(15)14-4-5-14/h10,13-14H,2-9,11-12H2,1H3,(H,21,22)/t17-/m1/s1. The molecule has 0 bridgehead atoms. The van der Waals surface area contributed by atoms with Gasteiger partial charge in [-0.1, -0.05) is 0 Å². The second kappa shape index (κ2) is 7.01. The van der Waals surface area contributed by atoms with E-state index in [2.05, 4.69) is 14.5 Å². The lowest BCUT2D eigenvalue weighted by Crippen LogP contribution is -2.47. The van der Waals surface area contributed by atoms with E-state index >= 15 is 0 Å². The van der Waals surface area contributed by atoms with Crippen LogP contribution in [0.1, 0.15) is 50.3 Å². The minimum Gasteiger partial charge on any atom is -0.481 e. The number of hydrogen-bond donors (Lipinski definition) is 1. The van der Waals surface area contributed by atoms with E-state index in [1.807, 2.05) is 12.5 Å². The summed E-state index contributed by atoms with van der Waals surface area (Å²) in [4.78, 5) is 18.5. The van der Waals surface area contributed by atoms with Crippen molar-refractivity contribution >= 4 is 5.97 Å². The summed E-state index contributed by atoms with van der Waals surface area (Å²) in [5.74, 6) is -0.658. The zero-order chi connectivity index (χ0) is 16.3. The third-order valence-corrected chi connectivity index (χ3v) is 5.19. The van der Waals surface area contributed by atoms with Crippen LogP contribution >= 0.6 is 0 Å². The number of hydrogen-bond acceptors (Lipinski definition) is 4. The van der Waals surface area contributed by atoms with Gasteiger partial charge in [-0.15, -0.1) is 0 Å². The molecule has 2 heterocycles. The van der Waals surface area contributed by atoms with Crippen LogP contribution in [-0.2, 0) is 16.1 Å². The summed E-state index contributed by atoms with van der Waals surface area (Å²) in [7, 11) is 1.67. The predicted molar refractivity (Wildman–Crippen MR) is 86.2 cm³/mol. The SMILES string of the molecule is COCCC[C@]1(C(=O)O)CCCN(Cc2cncn2C2CC2)C1. The van der Waals surface area contributed by atoms with Crippen molar-refractivity contribution in [2.45, 2.75) is 51.1 Å². The lowest BCUT2D eigenvalue weighted by molar-refractivity contribution is -0.153. The Labute approximate surface area is 137 Å². The molecule has 3 rings (SSSR count). The first-order valence-electron chi connectivity index (χ1n) is 8.60. The monoisotopic (exact) mass is 321 g/mol. The molecule has 1 N–H and O–H groups in total. The summed E-state index contributed by atoms with van der Waals surface area (Å²) < 4.78 is 7.37. The molecule has 0 radical (unpaired) electrons. The molecule has 1 saturated heterocycles. The van der Waals surface area contributed by atoms with Gasteiger partial charge < -0.3 is 14.4 Å². The molecule has 0 unspecified atom stereocenters. The molecule has 1 aromatic heterocycles. The van der Waals surface area contributed by atoms with Crippen LogP contribution in [-0.4, -0.2) is 52.3 Å². The molecular formula is C17H27N3O3. The fraction of sp³-hybridized carbons (Fsp3) is 0.765. The highest BCUT2D eigenvalue weighted by molar-refractivity contribution is 5.75. The van der Waals surface area contributed by atoms with Gasteiger partial charge in [-0.2, -0.15) is 0 Å². The van der Waals surface area contributed by atoms with Crippen molar-refractivity contribution in [3.63, 3.8) is 0 Å². The maximum Gasteiger partial charge on any atom is 0.310 e. The van der Waals surface area contributed by atoms with Crippen molar-refractivity contribution in [3.05, 3.63) is 18.2 Å². The number of likely N-dealkylation sites (tertiary alicyclic amines) is 1. The topological polar surface area (TPSA) is 67.6 Å². The number of ether oxygens (including phenoxy) is 1. The molecule has 1 aliphatic carbocycles. The molecule has 1 aliphatic heterocycles. The lowest BCUT2D eigenvalue weighted by atomic mass is 9.76. The van der Waals surface area contributed by atoms with E-state index in [1.54, 1.807) is 7.11 Å².